The summed E-state index contributed by atoms with van der Waals surface area (Å²) in [7, 11) is 0. The number of esters is 2. The fourth-order valence-electron chi connectivity index (χ4n) is 6.44. The summed E-state index contributed by atoms with van der Waals surface area (Å²) >= 11 is 0. The Kier molecular flexibility index (Phi) is 38.4. The number of hydrogen-bond acceptors (Lipinski definition) is 5. The van der Waals surface area contributed by atoms with Crippen molar-refractivity contribution in [2.24, 2.45) is 0 Å². The Morgan fingerprint density at radius 2 is 0.660 bits per heavy atom. The van der Waals surface area contributed by atoms with E-state index in [0.717, 1.165) is 38.5 Å². The lowest BCUT2D eigenvalue weighted by atomic mass is 10.0. The number of carbonyl (C=O) groups excluding carboxylic acids is 2. The molecule has 0 rings (SSSR count). The average Bonchev–Trinajstić information content (AvgIpc) is 3.07. The van der Waals surface area contributed by atoms with Crippen molar-refractivity contribution in [3.05, 3.63) is 0 Å². The largest absolute Gasteiger partial charge is 0.462 e. The number of unbranched alkanes of at least 4 members (excludes halogenated alkanes) is 31. The maximum atomic E-state index is 12.2. The highest BCUT2D eigenvalue weighted by Gasteiger charge is 2.16. The lowest BCUT2D eigenvalue weighted by Gasteiger charge is -2.15. The van der Waals surface area contributed by atoms with Gasteiger partial charge in [-0.3, -0.25) is 9.59 Å². The summed E-state index contributed by atoms with van der Waals surface area (Å²) in [4.78, 5) is 24.2. The van der Waals surface area contributed by atoms with Gasteiger partial charge in [-0.05, 0) is 12.8 Å². The van der Waals surface area contributed by atoms with Gasteiger partial charge in [0.2, 0.25) is 0 Å². The minimum atomic E-state index is -0.760. The Balaban J connectivity index is 3.40. The van der Waals surface area contributed by atoms with E-state index in [4.69, 9.17) is 9.47 Å². The van der Waals surface area contributed by atoms with Crippen molar-refractivity contribution in [3.63, 3.8) is 0 Å². The normalized spacial score (nSPS) is 12.0. The van der Waals surface area contributed by atoms with Gasteiger partial charge in [0.15, 0.2) is 6.10 Å². The molecule has 1 atom stereocenters. The van der Waals surface area contributed by atoms with Crippen LogP contribution in [0.1, 0.15) is 239 Å². The van der Waals surface area contributed by atoms with Crippen molar-refractivity contribution in [1.82, 2.24) is 0 Å². The van der Waals surface area contributed by atoms with Gasteiger partial charge in [0.25, 0.3) is 0 Å². The Morgan fingerprint density at radius 3 is 0.936 bits per heavy atom. The molecule has 0 fully saturated rings. The molecule has 0 saturated carbocycles. The molecule has 0 aliphatic heterocycles. The highest BCUT2D eigenvalue weighted by atomic mass is 16.6. The Hall–Kier alpha value is -1.10. The number of ether oxygens (including phenoxy) is 2. The van der Waals surface area contributed by atoms with Gasteiger partial charge >= 0.3 is 11.9 Å². The second kappa shape index (κ2) is 39.3. The molecule has 0 aromatic carbocycles. The molecule has 0 amide bonds. The van der Waals surface area contributed by atoms with Crippen molar-refractivity contribution in [1.29, 1.82) is 0 Å². The number of aliphatic hydroxyl groups excluding tert-OH is 1. The Labute approximate surface area is 293 Å². The van der Waals surface area contributed by atoms with E-state index in [-0.39, 0.29) is 25.2 Å². The van der Waals surface area contributed by atoms with Crippen LogP contribution < -0.4 is 0 Å². The molecular weight excluding hydrogens is 584 g/mol. The fraction of sp³-hybridized carbons (Fsp3) is 0.952. The van der Waals surface area contributed by atoms with E-state index < -0.39 is 6.10 Å². The third-order valence-electron chi connectivity index (χ3n) is 9.65. The van der Waals surface area contributed by atoms with Crippen LogP contribution in [0.3, 0.4) is 0 Å². The summed E-state index contributed by atoms with van der Waals surface area (Å²) in [6.45, 7) is 4.14. The zero-order chi connectivity index (χ0) is 34.3. The molecular formula is C42H82O5. The maximum absolute atomic E-state index is 12.2. The number of rotatable bonds is 39. The van der Waals surface area contributed by atoms with E-state index in [0.29, 0.717) is 12.8 Å². The molecule has 1 unspecified atom stereocenters. The Bertz CT molecular complexity index is 637. The van der Waals surface area contributed by atoms with Gasteiger partial charge in [0.1, 0.15) is 6.61 Å². The summed E-state index contributed by atoms with van der Waals surface area (Å²) in [6.07, 6.45) is 43.3. The third-order valence-corrected chi connectivity index (χ3v) is 9.65. The van der Waals surface area contributed by atoms with Crippen LogP contribution in [0.15, 0.2) is 0 Å². The van der Waals surface area contributed by atoms with Crippen LogP contribution in [0.25, 0.3) is 0 Å². The first-order valence-corrected chi connectivity index (χ1v) is 21.1. The molecule has 5 heteroatoms. The smallest absolute Gasteiger partial charge is 0.306 e. The summed E-state index contributed by atoms with van der Waals surface area (Å²) < 4.78 is 10.6. The highest BCUT2D eigenvalue weighted by Crippen LogP contribution is 2.16. The van der Waals surface area contributed by atoms with Crippen molar-refractivity contribution >= 4 is 11.9 Å². The van der Waals surface area contributed by atoms with E-state index in [9.17, 15) is 14.7 Å². The summed E-state index contributed by atoms with van der Waals surface area (Å²) in [5.74, 6) is -0.578. The lowest BCUT2D eigenvalue weighted by molar-refractivity contribution is -0.161. The van der Waals surface area contributed by atoms with E-state index in [1.54, 1.807) is 0 Å². The van der Waals surface area contributed by atoms with Gasteiger partial charge in [0, 0.05) is 12.8 Å². The molecule has 0 aliphatic rings. The first-order chi connectivity index (χ1) is 23.1. The van der Waals surface area contributed by atoms with Gasteiger partial charge in [-0.1, -0.05) is 213 Å². The monoisotopic (exact) mass is 667 g/mol. The molecule has 0 heterocycles. The van der Waals surface area contributed by atoms with Crippen molar-refractivity contribution in [2.45, 2.75) is 245 Å². The lowest BCUT2D eigenvalue weighted by Crippen LogP contribution is -2.28. The number of hydrogen-bond donors (Lipinski definition) is 1. The van der Waals surface area contributed by atoms with Crippen LogP contribution in [0.5, 0.6) is 0 Å². The van der Waals surface area contributed by atoms with Gasteiger partial charge in [0.05, 0.1) is 6.61 Å². The van der Waals surface area contributed by atoms with Crippen LogP contribution in [0.2, 0.25) is 0 Å². The van der Waals surface area contributed by atoms with Crippen LogP contribution in [0, 0.1) is 0 Å². The first kappa shape index (κ1) is 45.9. The van der Waals surface area contributed by atoms with E-state index >= 15 is 0 Å². The van der Waals surface area contributed by atoms with E-state index in [1.807, 2.05) is 0 Å². The minimum Gasteiger partial charge on any atom is -0.462 e. The minimum absolute atomic E-state index is 0.0576. The Morgan fingerprint density at radius 1 is 0.404 bits per heavy atom. The van der Waals surface area contributed by atoms with Gasteiger partial charge < -0.3 is 14.6 Å². The van der Waals surface area contributed by atoms with Gasteiger partial charge in [-0.25, -0.2) is 0 Å². The van der Waals surface area contributed by atoms with Crippen LogP contribution >= 0.6 is 0 Å². The standard InChI is InChI=1S/C42H82O5/c1-3-5-7-9-11-13-14-15-16-17-18-19-20-21-22-23-24-25-26-27-29-31-33-35-37-42(45)47-40(38-43)39-46-41(44)36-34-32-30-28-12-10-8-6-4-2/h40,43H,3-39H2,1-2H3. The predicted octanol–water partition coefficient (Wildman–Crippen LogP) is 13.1. The zero-order valence-electron chi connectivity index (χ0n) is 31.8. The third kappa shape index (κ3) is 37.6. The predicted molar refractivity (Wildman–Crippen MR) is 201 cm³/mol. The molecule has 47 heavy (non-hydrogen) atoms. The van der Waals surface area contributed by atoms with E-state index in [2.05, 4.69) is 13.8 Å². The van der Waals surface area contributed by atoms with E-state index in [1.165, 1.54) is 173 Å². The molecule has 1 N–H and O–H groups in total. The second-order valence-electron chi connectivity index (χ2n) is 14.4. The van der Waals surface area contributed by atoms with Crippen LogP contribution in [-0.4, -0.2) is 36.4 Å². The second-order valence-corrected chi connectivity index (χ2v) is 14.4. The summed E-state index contributed by atoms with van der Waals surface area (Å²) in [6, 6.07) is 0. The molecule has 280 valence electrons. The van der Waals surface area contributed by atoms with Gasteiger partial charge in [-0.2, -0.15) is 0 Å². The average molecular weight is 667 g/mol. The maximum Gasteiger partial charge on any atom is 0.306 e. The highest BCUT2D eigenvalue weighted by molar-refractivity contribution is 5.70. The molecule has 0 saturated heterocycles. The zero-order valence-corrected chi connectivity index (χ0v) is 31.8. The topological polar surface area (TPSA) is 72.8 Å². The van der Waals surface area contributed by atoms with Crippen LogP contribution in [-0.2, 0) is 19.1 Å². The quantitative estimate of drug-likeness (QED) is 0.0522. The fourth-order valence-corrected chi connectivity index (χ4v) is 6.44. The molecule has 0 bridgehead atoms. The summed E-state index contributed by atoms with van der Waals surface area (Å²) in [5.41, 5.74) is 0. The molecule has 5 nitrogen and oxygen atoms in total. The molecule has 0 aliphatic carbocycles. The van der Waals surface area contributed by atoms with Gasteiger partial charge in [-0.15, -0.1) is 0 Å². The molecule has 0 aromatic heterocycles. The molecule has 0 radical (unpaired) electrons. The number of aliphatic hydroxyl groups is 1. The molecule has 0 spiro atoms. The SMILES string of the molecule is CCCCCCCCCCCCCCCCCCCCCCCCCCC(=O)OC(CO)COC(=O)CCCCCCCCCCC. The van der Waals surface area contributed by atoms with Crippen LogP contribution in [0.4, 0.5) is 0 Å². The van der Waals surface area contributed by atoms with Crippen molar-refractivity contribution < 1.29 is 24.2 Å². The van der Waals surface area contributed by atoms with Crippen molar-refractivity contribution in [3.8, 4) is 0 Å². The summed E-state index contributed by atoms with van der Waals surface area (Å²) in [5, 5.41) is 9.53. The first-order valence-electron chi connectivity index (χ1n) is 21.1. The number of carbonyl (C=O) groups is 2. The van der Waals surface area contributed by atoms with Crippen molar-refractivity contribution in [2.75, 3.05) is 13.2 Å². The molecule has 0 aromatic rings.